The molecule has 1 aromatic heterocycles. The van der Waals surface area contributed by atoms with Crippen molar-refractivity contribution in [1.29, 1.82) is 0 Å². The lowest BCUT2D eigenvalue weighted by molar-refractivity contribution is -0.147. The number of amides is 2. The molecular formula is C22H31N3O3. The van der Waals surface area contributed by atoms with Crippen LogP contribution in [0.1, 0.15) is 61.0 Å². The number of pyridine rings is 1. The molecule has 1 aromatic rings. The molecule has 0 N–H and O–H groups in total. The second-order valence-corrected chi connectivity index (χ2v) is 8.57. The van der Waals surface area contributed by atoms with Crippen molar-refractivity contribution in [3.63, 3.8) is 0 Å². The molecule has 0 bridgehead atoms. The van der Waals surface area contributed by atoms with Crippen LogP contribution in [0.25, 0.3) is 0 Å². The van der Waals surface area contributed by atoms with E-state index in [1.54, 1.807) is 6.20 Å². The van der Waals surface area contributed by atoms with Gasteiger partial charge in [0.25, 0.3) is 5.91 Å². The van der Waals surface area contributed by atoms with Gasteiger partial charge < -0.3 is 14.5 Å². The molecule has 3 aliphatic heterocycles. The van der Waals surface area contributed by atoms with E-state index in [0.29, 0.717) is 18.7 Å². The minimum atomic E-state index is 0.0211. The molecule has 6 heteroatoms. The van der Waals surface area contributed by atoms with E-state index in [0.717, 1.165) is 57.5 Å². The maximum Gasteiger partial charge on any atom is 0.255 e. The lowest BCUT2D eigenvalue weighted by Gasteiger charge is -2.45. The molecule has 28 heavy (non-hydrogen) atoms. The molecule has 0 aromatic carbocycles. The fraction of sp³-hybridized carbons (Fsp3) is 0.682. The van der Waals surface area contributed by atoms with Crippen LogP contribution in [0.2, 0.25) is 0 Å². The monoisotopic (exact) mass is 385 g/mol. The van der Waals surface area contributed by atoms with Gasteiger partial charge in [-0.05, 0) is 64.0 Å². The average Bonchev–Trinajstić information content (AvgIpc) is 2.75. The van der Waals surface area contributed by atoms with Gasteiger partial charge in [-0.3, -0.25) is 14.6 Å². The molecule has 0 aliphatic carbocycles. The number of rotatable bonds is 2. The molecule has 0 saturated carbocycles. The van der Waals surface area contributed by atoms with Crippen LogP contribution in [0.4, 0.5) is 0 Å². The van der Waals surface area contributed by atoms with E-state index in [1.807, 2.05) is 28.9 Å². The van der Waals surface area contributed by atoms with Crippen LogP contribution in [0, 0.1) is 12.8 Å². The van der Waals surface area contributed by atoms with Gasteiger partial charge in [0.15, 0.2) is 0 Å². The van der Waals surface area contributed by atoms with Crippen molar-refractivity contribution in [2.45, 2.75) is 57.5 Å². The van der Waals surface area contributed by atoms with Crippen molar-refractivity contribution in [3.05, 3.63) is 29.6 Å². The molecule has 0 radical (unpaired) electrons. The Kier molecular flexibility index (Phi) is 5.67. The predicted octanol–water partition coefficient (Wildman–Crippen LogP) is 2.80. The van der Waals surface area contributed by atoms with E-state index < -0.39 is 0 Å². The minimum absolute atomic E-state index is 0.0211. The number of nitrogens with zero attached hydrogens (tertiary/aromatic N) is 3. The van der Waals surface area contributed by atoms with Gasteiger partial charge >= 0.3 is 0 Å². The first-order chi connectivity index (χ1) is 13.6. The van der Waals surface area contributed by atoms with E-state index in [9.17, 15) is 9.59 Å². The van der Waals surface area contributed by atoms with E-state index in [-0.39, 0.29) is 23.3 Å². The summed E-state index contributed by atoms with van der Waals surface area (Å²) in [6.07, 6.45) is 8.64. The normalized spacial score (nSPS) is 23.0. The third-order valence-electron chi connectivity index (χ3n) is 6.71. The number of carbonyl (C=O) groups excluding carboxylic acids is 2. The molecule has 0 atom stereocenters. The highest BCUT2D eigenvalue weighted by Gasteiger charge is 2.39. The number of carbonyl (C=O) groups is 2. The van der Waals surface area contributed by atoms with Gasteiger partial charge in [0, 0.05) is 50.6 Å². The SMILES string of the molecule is Cc1ccc(C(=O)N2CCC(C(=O)N3CCC4(CCCCO4)CC3)CC2)cn1. The summed E-state index contributed by atoms with van der Waals surface area (Å²) in [6.45, 7) is 5.69. The van der Waals surface area contributed by atoms with Crippen LogP contribution >= 0.6 is 0 Å². The molecule has 3 saturated heterocycles. The fourth-order valence-corrected chi connectivity index (χ4v) is 4.80. The highest BCUT2D eigenvalue weighted by Crippen LogP contribution is 2.35. The predicted molar refractivity (Wildman–Crippen MR) is 106 cm³/mol. The Morgan fingerprint density at radius 2 is 1.79 bits per heavy atom. The molecule has 3 aliphatic rings. The Labute approximate surface area is 167 Å². The second-order valence-electron chi connectivity index (χ2n) is 8.57. The molecule has 1 spiro atoms. The lowest BCUT2D eigenvalue weighted by Crippen LogP contribution is -2.51. The largest absolute Gasteiger partial charge is 0.375 e. The zero-order valence-electron chi connectivity index (χ0n) is 16.9. The van der Waals surface area contributed by atoms with E-state index in [1.165, 1.54) is 12.8 Å². The Morgan fingerprint density at radius 3 is 2.39 bits per heavy atom. The summed E-state index contributed by atoms with van der Waals surface area (Å²) in [5, 5.41) is 0. The maximum atomic E-state index is 13.0. The summed E-state index contributed by atoms with van der Waals surface area (Å²) in [5.41, 5.74) is 1.57. The summed E-state index contributed by atoms with van der Waals surface area (Å²) < 4.78 is 6.08. The third kappa shape index (κ3) is 4.07. The van der Waals surface area contributed by atoms with Crippen LogP contribution in [0.3, 0.4) is 0 Å². The van der Waals surface area contributed by atoms with Crippen molar-refractivity contribution in [2.75, 3.05) is 32.8 Å². The molecular weight excluding hydrogens is 354 g/mol. The Bertz CT molecular complexity index is 694. The number of likely N-dealkylation sites (tertiary alicyclic amines) is 2. The molecule has 4 heterocycles. The summed E-state index contributed by atoms with van der Waals surface area (Å²) >= 11 is 0. The molecule has 2 amide bonds. The summed E-state index contributed by atoms with van der Waals surface area (Å²) in [7, 11) is 0. The number of piperidine rings is 2. The van der Waals surface area contributed by atoms with Gasteiger partial charge in [-0.15, -0.1) is 0 Å². The zero-order chi connectivity index (χ0) is 19.6. The van der Waals surface area contributed by atoms with Crippen LogP contribution in [0.15, 0.2) is 18.3 Å². The van der Waals surface area contributed by atoms with Crippen LogP contribution < -0.4 is 0 Å². The van der Waals surface area contributed by atoms with Gasteiger partial charge in [-0.2, -0.15) is 0 Å². The van der Waals surface area contributed by atoms with Gasteiger partial charge in [-0.1, -0.05) is 0 Å². The zero-order valence-corrected chi connectivity index (χ0v) is 16.9. The highest BCUT2D eigenvalue weighted by atomic mass is 16.5. The van der Waals surface area contributed by atoms with Crippen molar-refractivity contribution in [3.8, 4) is 0 Å². The van der Waals surface area contributed by atoms with Gasteiger partial charge in [0.05, 0.1) is 11.2 Å². The summed E-state index contributed by atoms with van der Waals surface area (Å²) in [4.78, 5) is 33.7. The third-order valence-corrected chi connectivity index (χ3v) is 6.71. The Balaban J connectivity index is 1.27. The summed E-state index contributed by atoms with van der Waals surface area (Å²) in [6, 6.07) is 3.70. The molecule has 3 fully saturated rings. The molecule has 6 nitrogen and oxygen atoms in total. The van der Waals surface area contributed by atoms with Gasteiger partial charge in [-0.25, -0.2) is 0 Å². The number of aromatic nitrogens is 1. The first-order valence-electron chi connectivity index (χ1n) is 10.7. The highest BCUT2D eigenvalue weighted by molar-refractivity contribution is 5.94. The van der Waals surface area contributed by atoms with Crippen molar-refractivity contribution in [2.24, 2.45) is 5.92 Å². The number of ether oxygens (including phenoxy) is 1. The van der Waals surface area contributed by atoms with E-state index in [4.69, 9.17) is 4.74 Å². The maximum absolute atomic E-state index is 13.0. The number of hydrogen-bond donors (Lipinski definition) is 0. The topological polar surface area (TPSA) is 62.7 Å². The lowest BCUT2D eigenvalue weighted by atomic mass is 9.84. The van der Waals surface area contributed by atoms with Crippen LogP contribution in [0.5, 0.6) is 0 Å². The summed E-state index contributed by atoms with van der Waals surface area (Å²) in [5.74, 6) is 0.337. The average molecular weight is 386 g/mol. The van der Waals surface area contributed by atoms with E-state index in [2.05, 4.69) is 4.98 Å². The van der Waals surface area contributed by atoms with Gasteiger partial charge in [0.2, 0.25) is 5.91 Å². The van der Waals surface area contributed by atoms with Gasteiger partial charge in [0.1, 0.15) is 0 Å². The smallest absolute Gasteiger partial charge is 0.255 e. The first-order valence-corrected chi connectivity index (χ1v) is 10.7. The van der Waals surface area contributed by atoms with Crippen LogP contribution in [-0.4, -0.2) is 65.0 Å². The minimum Gasteiger partial charge on any atom is -0.375 e. The first kappa shape index (κ1) is 19.4. The standard InChI is InChI=1S/C22H31N3O3/c1-17-4-5-19(16-23-17)21(27)24-11-6-18(7-12-24)20(26)25-13-9-22(10-14-25)8-2-3-15-28-22/h4-5,16,18H,2-3,6-15H2,1H3. The number of aryl methyl sites for hydroxylation is 1. The van der Waals surface area contributed by atoms with Crippen molar-refractivity contribution >= 4 is 11.8 Å². The molecule has 0 unspecified atom stereocenters. The molecule has 4 rings (SSSR count). The van der Waals surface area contributed by atoms with E-state index >= 15 is 0 Å². The van der Waals surface area contributed by atoms with Crippen LogP contribution in [-0.2, 0) is 9.53 Å². The molecule has 152 valence electrons. The second kappa shape index (κ2) is 8.19. The quantitative estimate of drug-likeness (QED) is 0.785. The fourth-order valence-electron chi connectivity index (χ4n) is 4.80. The Morgan fingerprint density at radius 1 is 1.04 bits per heavy atom. The Hall–Kier alpha value is -1.95. The van der Waals surface area contributed by atoms with Crippen molar-refractivity contribution in [1.82, 2.24) is 14.8 Å². The number of hydrogen-bond acceptors (Lipinski definition) is 4. The van der Waals surface area contributed by atoms with Crippen molar-refractivity contribution < 1.29 is 14.3 Å².